The lowest BCUT2D eigenvalue weighted by Crippen LogP contribution is -1.99. The van der Waals surface area contributed by atoms with Crippen molar-refractivity contribution in [2.75, 3.05) is 0 Å². The summed E-state index contributed by atoms with van der Waals surface area (Å²) in [6, 6.07) is 0. The first-order valence-electron chi connectivity index (χ1n) is 7.77. The Hall–Kier alpha value is -1.04. The molecule has 0 heterocycles. The standard InChI is InChI=1S/C19H30/c1-6-10-18(7-2)19(15(3)4)16(5)13-14-17-11-8-9-12-17/h6,10,17H,1,3,7-9,11-14H2,2,4-5H3/b18-10-,19-16+. The van der Waals surface area contributed by atoms with Gasteiger partial charge >= 0.3 is 0 Å². The summed E-state index contributed by atoms with van der Waals surface area (Å²) in [5.74, 6) is 0.967. The van der Waals surface area contributed by atoms with Crippen molar-refractivity contribution in [1.82, 2.24) is 0 Å². The van der Waals surface area contributed by atoms with Crippen LogP contribution in [0, 0.1) is 5.92 Å². The molecule has 0 spiro atoms. The van der Waals surface area contributed by atoms with Gasteiger partial charge in [-0.2, -0.15) is 0 Å². The van der Waals surface area contributed by atoms with Crippen molar-refractivity contribution in [3.63, 3.8) is 0 Å². The van der Waals surface area contributed by atoms with E-state index in [4.69, 9.17) is 0 Å². The molecule has 0 radical (unpaired) electrons. The molecule has 0 aromatic rings. The molecule has 1 aliphatic rings. The normalized spacial score (nSPS) is 18.4. The van der Waals surface area contributed by atoms with E-state index in [-0.39, 0.29) is 0 Å². The quantitative estimate of drug-likeness (QED) is 0.465. The van der Waals surface area contributed by atoms with Crippen molar-refractivity contribution in [3.05, 3.63) is 47.6 Å². The molecule has 0 bridgehead atoms. The summed E-state index contributed by atoms with van der Waals surface area (Å²) in [7, 11) is 0. The van der Waals surface area contributed by atoms with E-state index in [1.54, 1.807) is 0 Å². The Morgan fingerprint density at radius 3 is 2.32 bits per heavy atom. The maximum absolute atomic E-state index is 4.17. The van der Waals surface area contributed by atoms with Crippen molar-refractivity contribution in [1.29, 1.82) is 0 Å². The molecule has 106 valence electrons. The zero-order valence-corrected chi connectivity index (χ0v) is 13.1. The second-order valence-corrected chi connectivity index (χ2v) is 5.91. The van der Waals surface area contributed by atoms with Crippen LogP contribution < -0.4 is 0 Å². The molecule has 0 saturated heterocycles. The highest BCUT2D eigenvalue weighted by Gasteiger charge is 2.16. The molecule has 19 heavy (non-hydrogen) atoms. The second-order valence-electron chi connectivity index (χ2n) is 5.91. The molecule has 0 unspecified atom stereocenters. The molecule has 0 heteroatoms. The molecular weight excluding hydrogens is 228 g/mol. The fourth-order valence-electron chi connectivity index (χ4n) is 3.28. The average molecular weight is 258 g/mol. The van der Waals surface area contributed by atoms with E-state index in [2.05, 4.69) is 40.0 Å². The van der Waals surface area contributed by atoms with Gasteiger partial charge in [-0.1, -0.05) is 69.1 Å². The van der Waals surface area contributed by atoms with E-state index in [0.717, 1.165) is 12.3 Å². The van der Waals surface area contributed by atoms with Crippen LogP contribution in [0.4, 0.5) is 0 Å². The molecule has 1 aliphatic carbocycles. The van der Waals surface area contributed by atoms with Crippen LogP contribution in [0.25, 0.3) is 0 Å². The van der Waals surface area contributed by atoms with Crippen LogP contribution in [0.5, 0.6) is 0 Å². The van der Waals surface area contributed by atoms with E-state index < -0.39 is 0 Å². The summed E-state index contributed by atoms with van der Waals surface area (Å²) < 4.78 is 0. The molecular formula is C19H30. The average Bonchev–Trinajstić information content (AvgIpc) is 2.88. The van der Waals surface area contributed by atoms with E-state index in [1.165, 1.54) is 60.8 Å². The molecule has 0 nitrogen and oxygen atoms in total. The van der Waals surface area contributed by atoms with Gasteiger partial charge in [-0.15, -0.1) is 0 Å². The number of hydrogen-bond donors (Lipinski definition) is 0. The van der Waals surface area contributed by atoms with Gasteiger partial charge in [0, 0.05) is 0 Å². The molecule has 0 amide bonds. The minimum atomic E-state index is 0.967. The fraction of sp³-hybridized carbons (Fsp3) is 0.579. The molecule has 1 fully saturated rings. The Morgan fingerprint density at radius 1 is 1.21 bits per heavy atom. The van der Waals surface area contributed by atoms with Gasteiger partial charge in [-0.25, -0.2) is 0 Å². The third-order valence-electron chi connectivity index (χ3n) is 4.28. The summed E-state index contributed by atoms with van der Waals surface area (Å²) in [5.41, 5.74) is 5.47. The second kappa shape index (κ2) is 8.19. The highest BCUT2D eigenvalue weighted by Crippen LogP contribution is 2.32. The van der Waals surface area contributed by atoms with Gasteiger partial charge < -0.3 is 0 Å². The summed E-state index contributed by atoms with van der Waals surface area (Å²) in [6.45, 7) is 14.6. The summed E-state index contributed by atoms with van der Waals surface area (Å²) >= 11 is 0. The predicted octanol–water partition coefficient (Wildman–Crippen LogP) is 6.37. The Kier molecular flexibility index (Phi) is 6.91. The zero-order chi connectivity index (χ0) is 14.3. The molecule has 1 saturated carbocycles. The first kappa shape index (κ1) is 16.0. The van der Waals surface area contributed by atoms with E-state index >= 15 is 0 Å². The number of rotatable bonds is 7. The largest absolute Gasteiger partial charge is 0.0991 e. The Morgan fingerprint density at radius 2 is 1.84 bits per heavy atom. The maximum Gasteiger partial charge on any atom is -0.0212 e. The molecule has 0 aliphatic heterocycles. The third kappa shape index (κ3) is 4.86. The Bertz CT molecular complexity index is 373. The first-order valence-corrected chi connectivity index (χ1v) is 7.77. The molecule has 0 atom stereocenters. The van der Waals surface area contributed by atoms with Crippen molar-refractivity contribution in [2.45, 2.75) is 65.7 Å². The van der Waals surface area contributed by atoms with Crippen molar-refractivity contribution < 1.29 is 0 Å². The van der Waals surface area contributed by atoms with Gasteiger partial charge in [0.2, 0.25) is 0 Å². The van der Waals surface area contributed by atoms with Crippen LogP contribution in [-0.4, -0.2) is 0 Å². The lowest BCUT2D eigenvalue weighted by Gasteiger charge is -2.16. The summed E-state index contributed by atoms with van der Waals surface area (Å²) in [6.07, 6.45) is 13.4. The van der Waals surface area contributed by atoms with Crippen LogP contribution in [-0.2, 0) is 0 Å². The first-order chi connectivity index (χ1) is 9.10. The third-order valence-corrected chi connectivity index (χ3v) is 4.28. The minimum Gasteiger partial charge on any atom is -0.0991 e. The maximum atomic E-state index is 4.17. The van der Waals surface area contributed by atoms with Crippen LogP contribution >= 0.6 is 0 Å². The van der Waals surface area contributed by atoms with E-state index in [9.17, 15) is 0 Å². The summed E-state index contributed by atoms with van der Waals surface area (Å²) in [4.78, 5) is 0. The number of allylic oxidation sites excluding steroid dienone is 6. The monoisotopic (exact) mass is 258 g/mol. The van der Waals surface area contributed by atoms with Gasteiger partial charge in [0.15, 0.2) is 0 Å². The predicted molar refractivity (Wildman–Crippen MR) is 87.3 cm³/mol. The Labute approximate surface area is 120 Å². The SMILES string of the molecule is C=C/C=C(CC)\C(C(=C)C)=C(/C)CCC1CCCC1. The van der Waals surface area contributed by atoms with Gasteiger partial charge in [-0.05, 0) is 50.2 Å². The number of hydrogen-bond acceptors (Lipinski definition) is 0. The smallest absolute Gasteiger partial charge is 0.0212 e. The van der Waals surface area contributed by atoms with Crippen LogP contribution in [0.2, 0.25) is 0 Å². The Balaban J connectivity index is 2.81. The van der Waals surface area contributed by atoms with Crippen molar-refractivity contribution in [2.24, 2.45) is 5.92 Å². The minimum absolute atomic E-state index is 0.967. The highest BCUT2D eigenvalue weighted by atomic mass is 14.2. The van der Waals surface area contributed by atoms with Crippen molar-refractivity contribution >= 4 is 0 Å². The van der Waals surface area contributed by atoms with Gasteiger partial charge in [0.25, 0.3) is 0 Å². The molecule has 1 rings (SSSR count). The molecule has 0 N–H and O–H groups in total. The van der Waals surface area contributed by atoms with E-state index in [0.29, 0.717) is 0 Å². The van der Waals surface area contributed by atoms with Crippen LogP contribution in [0.15, 0.2) is 47.6 Å². The van der Waals surface area contributed by atoms with Gasteiger partial charge in [0.05, 0.1) is 0 Å². The van der Waals surface area contributed by atoms with Crippen LogP contribution in [0.3, 0.4) is 0 Å². The lowest BCUT2D eigenvalue weighted by molar-refractivity contribution is 0.502. The fourth-order valence-corrected chi connectivity index (χ4v) is 3.28. The van der Waals surface area contributed by atoms with Crippen molar-refractivity contribution in [3.8, 4) is 0 Å². The molecule has 0 aromatic carbocycles. The highest BCUT2D eigenvalue weighted by molar-refractivity contribution is 5.48. The van der Waals surface area contributed by atoms with Gasteiger partial charge in [0.1, 0.15) is 0 Å². The van der Waals surface area contributed by atoms with E-state index in [1.807, 2.05) is 6.08 Å². The molecule has 0 aromatic heterocycles. The zero-order valence-electron chi connectivity index (χ0n) is 13.1. The lowest BCUT2D eigenvalue weighted by atomic mass is 9.89. The summed E-state index contributed by atoms with van der Waals surface area (Å²) in [5, 5.41) is 0. The topological polar surface area (TPSA) is 0 Å². The van der Waals surface area contributed by atoms with Gasteiger partial charge in [-0.3, -0.25) is 0 Å². The van der Waals surface area contributed by atoms with Crippen LogP contribution in [0.1, 0.15) is 65.7 Å².